The number of fused-ring (bicyclic) bond motifs is 2. The van der Waals surface area contributed by atoms with E-state index >= 15 is 0 Å². The number of nitrogens with zero attached hydrogens (tertiary/aromatic N) is 2. The van der Waals surface area contributed by atoms with Gasteiger partial charge in [0.15, 0.2) is 5.82 Å². The van der Waals surface area contributed by atoms with E-state index in [1.165, 1.54) is 6.20 Å². The molecule has 1 saturated heterocycles. The lowest BCUT2D eigenvalue weighted by Crippen LogP contribution is -2.42. The molecule has 3 heterocycles. The summed E-state index contributed by atoms with van der Waals surface area (Å²) >= 11 is 0. The molecule has 2 aliphatic rings. The van der Waals surface area contributed by atoms with Crippen LogP contribution in [-0.4, -0.2) is 35.8 Å². The van der Waals surface area contributed by atoms with Gasteiger partial charge in [-0.25, -0.2) is 4.39 Å². The molecule has 0 radical (unpaired) electrons. The van der Waals surface area contributed by atoms with E-state index in [9.17, 15) is 14.3 Å². The van der Waals surface area contributed by atoms with Crippen molar-refractivity contribution < 1.29 is 19.0 Å². The Bertz CT molecular complexity index is 797. The van der Waals surface area contributed by atoms with E-state index in [2.05, 4.69) is 4.98 Å². The number of halogens is 1. The van der Waals surface area contributed by atoms with Gasteiger partial charge in [-0.05, 0) is 24.1 Å². The van der Waals surface area contributed by atoms with Crippen LogP contribution in [0.1, 0.15) is 5.56 Å². The molecule has 0 bridgehead atoms. The smallest absolute Gasteiger partial charge is 0.312 e. The minimum absolute atomic E-state index is 0.213. The summed E-state index contributed by atoms with van der Waals surface area (Å²) < 4.78 is 19.9. The highest BCUT2D eigenvalue weighted by atomic mass is 19.1. The van der Waals surface area contributed by atoms with E-state index < -0.39 is 17.2 Å². The van der Waals surface area contributed by atoms with Crippen molar-refractivity contribution in [1.82, 2.24) is 4.98 Å². The van der Waals surface area contributed by atoms with Crippen molar-refractivity contribution >= 4 is 11.7 Å². The number of hydrogen-bond acceptors (Lipinski definition) is 4. The van der Waals surface area contributed by atoms with Crippen molar-refractivity contribution in [2.45, 2.75) is 6.42 Å². The summed E-state index contributed by atoms with van der Waals surface area (Å²) in [7, 11) is 0. The number of carbonyl (C=O) groups is 1. The summed E-state index contributed by atoms with van der Waals surface area (Å²) in [5, 5.41) is 10.00. The molecule has 24 heavy (non-hydrogen) atoms. The van der Waals surface area contributed by atoms with E-state index in [1.54, 1.807) is 11.0 Å². The molecule has 0 amide bonds. The molecule has 1 aromatic heterocycles. The Labute approximate surface area is 138 Å². The lowest BCUT2D eigenvalue weighted by atomic mass is 9.74. The van der Waals surface area contributed by atoms with Gasteiger partial charge in [-0.15, -0.1) is 0 Å². The zero-order valence-corrected chi connectivity index (χ0v) is 13.0. The fourth-order valence-corrected chi connectivity index (χ4v) is 3.83. The number of para-hydroxylation sites is 1. The van der Waals surface area contributed by atoms with Crippen molar-refractivity contribution in [1.29, 1.82) is 0 Å². The molecule has 1 N–H and O–H groups in total. The Morgan fingerprint density at radius 3 is 3.00 bits per heavy atom. The van der Waals surface area contributed by atoms with E-state index in [1.807, 2.05) is 24.3 Å². The second-order valence-corrected chi connectivity index (χ2v) is 6.46. The van der Waals surface area contributed by atoms with E-state index in [4.69, 9.17) is 4.74 Å². The summed E-state index contributed by atoms with van der Waals surface area (Å²) in [6.45, 7) is 1.01. The maximum absolute atomic E-state index is 14.1. The number of anilines is 1. The first-order chi connectivity index (χ1) is 11.6. The van der Waals surface area contributed by atoms with E-state index in [0.29, 0.717) is 25.3 Å². The third kappa shape index (κ3) is 2.21. The molecule has 0 spiro atoms. The lowest BCUT2D eigenvalue weighted by molar-refractivity contribution is -0.150. The number of carboxylic acid groups (broad SMARTS) is 1. The molecule has 5 nitrogen and oxygen atoms in total. The first kappa shape index (κ1) is 14.9. The highest BCUT2D eigenvalue weighted by Crippen LogP contribution is 2.45. The number of benzene rings is 1. The van der Waals surface area contributed by atoms with Gasteiger partial charge in [-0.1, -0.05) is 18.2 Å². The molecule has 124 valence electrons. The van der Waals surface area contributed by atoms with Crippen LogP contribution in [0.15, 0.2) is 42.7 Å². The van der Waals surface area contributed by atoms with Crippen LogP contribution in [0.2, 0.25) is 0 Å². The van der Waals surface area contributed by atoms with Gasteiger partial charge in [0, 0.05) is 25.2 Å². The summed E-state index contributed by atoms with van der Waals surface area (Å²) in [6, 6.07) is 9.12. The maximum Gasteiger partial charge on any atom is 0.312 e. The number of rotatable bonds is 2. The van der Waals surface area contributed by atoms with Crippen LogP contribution in [-0.2, 0) is 11.2 Å². The Balaban J connectivity index is 1.73. The third-order valence-corrected chi connectivity index (χ3v) is 5.13. The van der Waals surface area contributed by atoms with E-state index in [0.717, 1.165) is 17.5 Å². The Kier molecular flexibility index (Phi) is 3.40. The van der Waals surface area contributed by atoms with Crippen molar-refractivity contribution in [3.05, 3.63) is 54.1 Å². The van der Waals surface area contributed by atoms with Crippen LogP contribution in [0.4, 0.5) is 10.1 Å². The van der Waals surface area contributed by atoms with Crippen LogP contribution >= 0.6 is 0 Å². The summed E-state index contributed by atoms with van der Waals surface area (Å²) in [6.07, 6.45) is 3.06. The second-order valence-electron chi connectivity index (χ2n) is 6.46. The first-order valence-corrected chi connectivity index (χ1v) is 7.89. The monoisotopic (exact) mass is 328 g/mol. The molecule has 1 fully saturated rings. The van der Waals surface area contributed by atoms with Crippen molar-refractivity contribution in [3.63, 3.8) is 0 Å². The molecule has 4 rings (SSSR count). The largest absolute Gasteiger partial charge is 0.493 e. The highest BCUT2D eigenvalue weighted by Gasteiger charge is 2.54. The van der Waals surface area contributed by atoms with Crippen molar-refractivity contribution in [2.24, 2.45) is 11.3 Å². The highest BCUT2D eigenvalue weighted by molar-refractivity contribution is 5.78. The van der Waals surface area contributed by atoms with Crippen molar-refractivity contribution in [2.75, 3.05) is 24.6 Å². The van der Waals surface area contributed by atoms with E-state index in [-0.39, 0.29) is 12.5 Å². The molecular formula is C18H17FN2O3. The topological polar surface area (TPSA) is 62.7 Å². The van der Waals surface area contributed by atoms with Gasteiger partial charge < -0.3 is 14.7 Å². The predicted octanol–water partition coefficient (Wildman–Crippen LogP) is 2.36. The van der Waals surface area contributed by atoms with Gasteiger partial charge in [0.25, 0.3) is 0 Å². The molecule has 2 aromatic rings. The lowest BCUT2D eigenvalue weighted by Gasteiger charge is -2.27. The summed E-state index contributed by atoms with van der Waals surface area (Å²) in [5.74, 6) is -0.760. The Morgan fingerprint density at radius 2 is 2.21 bits per heavy atom. The average molecular weight is 328 g/mol. The van der Waals surface area contributed by atoms with Gasteiger partial charge in [-0.3, -0.25) is 9.78 Å². The van der Waals surface area contributed by atoms with Crippen molar-refractivity contribution in [3.8, 4) is 5.75 Å². The summed E-state index contributed by atoms with van der Waals surface area (Å²) in [4.78, 5) is 17.8. The normalized spacial score (nSPS) is 25.4. The third-order valence-electron chi connectivity index (χ3n) is 5.13. The zero-order valence-electron chi connectivity index (χ0n) is 13.0. The van der Waals surface area contributed by atoms with Gasteiger partial charge in [0.05, 0.1) is 23.9 Å². The molecule has 2 aliphatic heterocycles. The van der Waals surface area contributed by atoms with Crippen LogP contribution in [0.5, 0.6) is 5.75 Å². The van der Waals surface area contributed by atoms with Crippen LogP contribution in [0.25, 0.3) is 0 Å². The molecule has 0 unspecified atom stereocenters. The van der Waals surface area contributed by atoms with Crippen LogP contribution < -0.4 is 9.64 Å². The number of carboxylic acids is 1. The van der Waals surface area contributed by atoms with Gasteiger partial charge in [0.2, 0.25) is 0 Å². The number of aliphatic carboxylic acids is 1. The molecule has 1 aromatic carbocycles. The Hall–Kier alpha value is -2.63. The molecule has 0 aliphatic carbocycles. The minimum Gasteiger partial charge on any atom is -0.493 e. The zero-order chi connectivity index (χ0) is 16.7. The number of ether oxygens (including phenoxy) is 1. The Morgan fingerprint density at radius 1 is 1.38 bits per heavy atom. The number of aromatic nitrogens is 1. The molecular weight excluding hydrogens is 311 g/mol. The first-order valence-electron chi connectivity index (χ1n) is 7.89. The van der Waals surface area contributed by atoms with Gasteiger partial charge in [-0.2, -0.15) is 0 Å². The van der Waals surface area contributed by atoms with Gasteiger partial charge >= 0.3 is 5.97 Å². The number of pyridine rings is 1. The average Bonchev–Trinajstić information content (AvgIpc) is 2.86. The molecule has 0 saturated carbocycles. The molecule has 2 atom stereocenters. The summed E-state index contributed by atoms with van der Waals surface area (Å²) in [5.41, 5.74) is 0.300. The van der Waals surface area contributed by atoms with Crippen LogP contribution in [0, 0.1) is 17.2 Å². The van der Waals surface area contributed by atoms with Crippen LogP contribution in [0.3, 0.4) is 0 Å². The minimum atomic E-state index is -0.984. The quantitative estimate of drug-likeness (QED) is 0.917. The number of hydrogen-bond donors (Lipinski definition) is 1. The SMILES string of the molecule is O=C(O)[C@@]12Cc3ccccc3OC[C@@H]1CN(c1ccncc1F)C2. The maximum atomic E-state index is 14.1. The van der Waals surface area contributed by atoms with Gasteiger partial charge in [0.1, 0.15) is 5.75 Å². The predicted molar refractivity (Wildman–Crippen MR) is 85.6 cm³/mol. The standard InChI is InChI=1S/C18H17FN2O3/c19-14-8-20-6-5-15(14)21-9-13-10-24-16-4-2-1-3-12(16)7-18(13,11-21)17(22)23/h1-6,8,13H,7,9-11H2,(H,22,23)/t13-,18+/m0/s1. The fourth-order valence-electron chi connectivity index (χ4n) is 3.83. The second kappa shape index (κ2) is 5.47. The molecule has 6 heteroatoms. The fraction of sp³-hybridized carbons (Fsp3) is 0.333.